The van der Waals surface area contributed by atoms with Gasteiger partial charge in [0.1, 0.15) is 6.54 Å². The van der Waals surface area contributed by atoms with Gasteiger partial charge in [0.25, 0.3) is 0 Å². The van der Waals surface area contributed by atoms with E-state index in [2.05, 4.69) is 32.6 Å². The predicted octanol–water partition coefficient (Wildman–Crippen LogP) is 1.43. The Morgan fingerprint density at radius 1 is 1.41 bits per heavy atom. The summed E-state index contributed by atoms with van der Waals surface area (Å²) in [6, 6.07) is 3.94. The molecule has 3 rings (SSSR count). The fourth-order valence-electron chi connectivity index (χ4n) is 2.83. The average Bonchev–Trinajstić information content (AvgIpc) is 2.99. The molecule has 7 heteroatoms. The van der Waals surface area contributed by atoms with Crippen molar-refractivity contribution >= 4 is 5.91 Å². The number of nitrogens with zero attached hydrogens (tertiary/aromatic N) is 5. The fourth-order valence-corrected chi connectivity index (χ4v) is 2.83. The molecule has 1 amide bonds. The van der Waals surface area contributed by atoms with Gasteiger partial charge in [0.05, 0.1) is 0 Å². The topological polar surface area (TPSA) is 85.6 Å². The summed E-state index contributed by atoms with van der Waals surface area (Å²) in [5.41, 5.74) is 0.787. The zero-order valence-electron chi connectivity index (χ0n) is 12.6. The summed E-state index contributed by atoms with van der Waals surface area (Å²) in [5, 5.41) is 15.2. The smallest absolute Gasteiger partial charge is 0.243 e. The van der Waals surface area contributed by atoms with Crippen molar-refractivity contribution in [2.75, 3.05) is 0 Å². The molecule has 0 aromatic carbocycles. The summed E-state index contributed by atoms with van der Waals surface area (Å²) in [6.45, 7) is 2.29. The average molecular weight is 300 g/mol. The summed E-state index contributed by atoms with van der Waals surface area (Å²) in [5.74, 6) is 0.952. The van der Waals surface area contributed by atoms with Gasteiger partial charge in [-0.05, 0) is 36.1 Å². The number of carbonyl (C=O) groups is 1. The third kappa shape index (κ3) is 3.47. The van der Waals surface area contributed by atoms with Crippen molar-refractivity contribution in [3.63, 3.8) is 0 Å². The van der Waals surface area contributed by atoms with E-state index in [1.54, 1.807) is 12.4 Å². The molecule has 2 aromatic rings. The first-order valence-electron chi connectivity index (χ1n) is 7.70. The second-order valence-electron chi connectivity index (χ2n) is 5.82. The maximum Gasteiger partial charge on any atom is 0.243 e. The minimum Gasteiger partial charge on any atom is -0.351 e. The Morgan fingerprint density at radius 3 is 3.05 bits per heavy atom. The van der Waals surface area contributed by atoms with E-state index in [4.69, 9.17) is 0 Å². The predicted molar refractivity (Wildman–Crippen MR) is 80.6 cm³/mol. The van der Waals surface area contributed by atoms with Gasteiger partial charge in [-0.2, -0.15) is 4.80 Å². The number of nitrogens with one attached hydrogen (secondary N) is 1. The summed E-state index contributed by atoms with van der Waals surface area (Å²) in [7, 11) is 0. The first-order chi connectivity index (χ1) is 10.7. The van der Waals surface area contributed by atoms with E-state index in [0.29, 0.717) is 11.7 Å². The van der Waals surface area contributed by atoms with Gasteiger partial charge >= 0.3 is 0 Å². The third-order valence-electron chi connectivity index (χ3n) is 4.12. The highest BCUT2D eigenvalue weighted by molar-refractivity contribution is 5.75. The lowest BCUT2D eigenvalue weighted by molar-refractivity contribution is -0.123. The molecular weight excluding hydrogens is 280 g/mol. The molecule has 2 atom stereocenters. The molecule has 0 spiro atoms. The van der Waals surface area contributed by atoms with Gasteiger partial charge in [0, 0.05) is 24.0 Å². The van der Waals surface area contributed by atoms with Crippen molar-refractivity contribution in [2.45, 2.75) is 45.2 Å². The van der Waals surface area contributed by atoms with Crippen molar-refractivity contribution in [3.8, 4) is 11.4 Å². The van der Waals surface area contributed by atoms with Gasteiger partial charge in [0.15, 0.2) is 0 Å². The van der Waals surface area contributed by atoms with Crippen LogP contribution in [0.3, 0.4) is 0 Å². The highest BCUT2D eigenvalue weighted by atomic mass is 16.2. The number of amides is 1. The van der Waals surface area contributed by atoms with E-state index in [9.17, 15) is 4.79 Å². The Morgan fingerprint density at radius 2 is 2.27 bits per heavy atom. The highest BCUT2D eigenvalue weighted by Gasteiger charge is 2.23. The van der Waals surface area contributed by atoms with Crippen LogP contribution in [0.15, 0.2) is 24.5 Å². The molecule has 0 saturated heterocycles. The van der Waals surface area contributed by atoms with Gasteiger partial charge in [-0.15, -0.1) is 10.2 Å². The van der Waals surface area contributed by atoms with Gasteiger partial charge in [-0.1, -0.05) is 19.8 Å². The van der Waals surface area contributed by atoms with Crippen LogP contribution < -0.4 is 5.32 Å². The first-order valence-corrected chi connectivity index (χ1v) is 7.70. The van der Waals surface area contributed by atoms with Crippen LogP contribution in [0.5, 0.6) is 0 Å². The molecule has 22 heavy (non-hydrogen) atoms. The number of aromatic nitrogens is 5. The summed E-state index contributed by atoms with van der Waals surface area (Å²) >= 11 is 0. The Balaban J connectivity index is 1.59. The van der Waals surface area contributed by atoms with E-state index in [1.807, 2.05) is 12.1 Å². The number of pyridine rings is 1. The number of rotatable bonds is 4. The van der Waals surface area contributed by atoms with Crippen molar-refractivity contribution < 1.29 is 4.79 Å². The van der Waals surface area contributed by atoms with Gasteiger partial charge in [0.2, 0.25) is 11.7 Å². The number of hydrogen-bond acceptors (Lipinski definition) is 5. The molecule has 2 unspecified atom stereocenters. The van der Waals surface area contributed by atoms with E-state index < -0.39 is 0 Å². The number of tetrazole rings is 1. The molecule has 7 nitrogen and oxygen atoms in total. The molecule has 1 fully saturated rings. The Hall–Kier alpha value is -2.31. The second kappa shape index (κ2) is 6.64. The lowest BCUT2D eigenvalue weighted by atomic mass is 9.86. The van der Waals surface area contributed by atoms with Crippen LogP contribution in [0.25, 0.3) is 11.4 Å². The highest BCUT2D eigenvalue weighted by Crippen LogP contribution is 2.23. The Kier molecular flexibility index (Phi) is 4.41. The summed E-state index contributed by atoms with van der Waals surface area (Å²) in [6.07, 6.45) is 8.03. The van der Waals surface area contributed by atoms with Gasteiger partial charge in [-0.25, -0.2) is 0 Å². The lowest BCUT2D eigenvalue weighted by Gasteiger charge is -2.29. The van der Waals surface area contributed by atoms with E-state index in [1.165, 1.54) is 24.1 Å². The quantitative estimate of drug-likeness (QED) is 0.923. The van der Waals surface area contributed by atoms with Crippen LogP contribution in [0.2, 0.25) is 0 Å². The van der Waals surface area contributed by atoms with E-state index >= 15 is 0 Å². The first kappa shape index (κ1) is 14.6. The minimum absolute atomic E-state index is 0.0612. The molecule has 1 N–H and O–H groups in total. The normalized spacial score (nSPS) is 21.5. The van der Waals surface area contributed by atoms with Crippen LogP contribution in [0.1, 0.15) is 32.6 Å². The zero-order chi connectivity index (χ0) is 15.4. The summed E-state index contributed by atoms with van der Waals surface area (Å²) < 4.78 is 0. The fraction of sp³-hybridized carbons (Fsp3) is 0.533. The molecule has 2 heterocycles. The maximum atomic E-state index is 12.1. The molecule has 1 saturated carbocycles. The molecule has 0 radical (unpaired) electrons. The van der Waals surface area contributed by atoms with Crippen LogP contribution in [-0.2, 0) is 11.3 Å². The largest absolute Gasteiger partial charge is 0.351 e. The molecule has 2 aromatic heterocycles. The van der Waals surface area contributed by atoms with Gasteiger partial charge in [-0.3, -0.25) is 9.78 Å². The van der Waals surface area contributed by atoms with Gasteiger partial charge < -0.3 is 5.32 Å². The summed E-state index contributed by atoms with van der Waals surface area (Å²) in [4.78, 5) is 17.5. The van der Waals surface area contributed by atoms with Crippen LogP contribution in [0, 0.1) is 5.92 Å². The van der Waals surface area contributed by atoms with Crippen molar-refractivity contribution in [1.82, 2.24) is 30.5 Å². The maximum absolute atomic E-state index is 12.1. The van der Waals surface area contributed by atoms with E-state index in [-0.39, 0.29) is 18.5 Å². The number of carbonyl (C=O) groups excluding carboxylic acids is 1. The molecule has 0 aliphatic heterocycles. The lowest BCUT2D eigenvalue weighted by Crippen LogP contribution is -2.42. The molecule has 1 aliphatic carbocycles. The van der Waals surface area contributed by atoms with Crippen LogP contribution in [-0.4, -0.2) is 37.1 Å². The minimum atomic E-state index is -0.0612. The van der Waals surface area contributed by atoms with Crippen LogP contribution >= 0.6 is 0 Å². The molecule has 116 valence electrons. The molecule has 0 bridgehead atoms. The second-order valence-corrected chi connectivity index (χ2v) is 5.82. The third-order valence-corrected chi connectivity index (χ3v) is 4.12. The van der Waals surface area contributed by atoms with Crippen molar-refractivity contribution in [3.05, 3.63) is 24.5 Å². The molecule has 1 aliphatic rings. The van der Waals surface area contributed by atoms with Crippen molar-refractivity contribution in [1.29, 1.82) is 0 Å². The standard InChI is InChI=1S/C15H20N6O/c1-11-5-2-3-7-13(11)17-14(22)10-21-19-15(18-20-21)12-6-4-8-16-9-12/h4,6,8-9,11,13H,2-3,5,7,10H2,1H3,(H,17,22). The SMILES string of the molecule is CC1CCCCC1NC(=O)Cn1nnc(-c2cccnc2)n1. The van der Waals surface area contributed by atoms with Crippen molar-refractivity contribution in [2.24, 2.45) is 5.92 Å². The number of hydrogen-bond donors (Lipinski definition) is 1. The van der Waals surface area contributed by atoms with Crippen LogP contribution in [0.4, 0.5) is 0 Å². The Bertz CT molecular complexity index is 626. The van der Waals surface area contributed by atoms with E-state index in [0.717, 1.165) is 12.0 Å². The monoisotopic (exact) mass is 300 g/mol. The zero-order valence-corrected chi connectivity index (χ0v) is 12.6. The Labute approximate surface area is 129 Å². The molecular formula is C15H20N6O.